The molecular weight excluding hydrogens is 937 g/mol. The summed E-state index contributed by atoms with van der Waals surface area (Å²) >= 11 is 0. The van der Waals surface area contributed by atoms with Gasteiger partial charge >= 0.3 is 17.9 Å². The smallest absolute Gasteiger partial charge is 0.306 e. The molecule has 6 nitrogen and oxygen atoms in total. The van der Waals surface area contributed by atoms with E-state index in [-0.39, 0.29) is 31.1 Å². The van der Waals surface area contributed by atoms with E-state index in [1.807, 2.05) is 0 Å². The molecule has 0 radical (unpaired) electrons. The summed E-state index contributed by atoms with van der Waals surface area (Å²) in [5.74, 6) is -0.939. The first-order chi connectivity index (χ1) is 37.5. The second kappa shape index (κ2) is 63.9. The summed E-state index contributed by atoms with van der Waals surface area (Å²) in [7, 11) is 0. The van der Waals surface area contributed by atoms with Crippen LogP contribution < -0.4 is 0 Å². The Morgan fingerprint density at radius 1 is 0.276 bits per heavy atom. The van der Waals surface area contributed by atoms with Crippen molar-refractivity contribution in [1.29, 1.82) is 0 Å². The third-order valence-corrected chi connectivity index (χ3v) is 13.8. The number of rotatable bonds is 58. The van der Waals surface area contributed by atoms with Crippen LogP contribution in [0.15, 0.2) is 97.2 Å². The summed E-state index contributed by atoms with van der Waals surface area (Å²) in [5, 5.41) is 0. The predicted molar refractivity (Wildman–Crippen MR) is 330 cm³/mol. The summed E-state index contributed by atoms with van der Waals surface area (Å²) in [6.45, 7) is 6.49. The van der Waals surface area contributed by atoms with Crippen molar-refractivity contribution in [1.82, 2.24) is 0 Å². The molecule has 0 spiro atoms. The van der Waals surface area contributed by atoms with Crippen molar-refractivity contribution in [2.24, 2.45) is 0 Å². The van der Waals surface area contributed by atoms with Crippen molar-refractivity contribution < 1.29 is 28.6 Å². The minimum absolute atomic E-state index is 0.0944. The summed E-state index contributed by atoms with van der Waals surface area (Å²) in [4.78, 5) is 38.3. The van der Waals surface area contributed by atoms with Gasteiger partial charge in [-0.2, -0.15) is 0 Å². The normalized spacial score (nSPS) is 12.7. The average Bonchev–Trinajstić information content (AvgIpc) is 3.42. The van der Waals surface area contributed by atoms with Crippen LogP contribution in [0.3, 0.4) is 0 Å². The van der Waals surface area contributed by atoms with Crippen LogP contribution in [0.5, 0.6) is 0 Å². The Morgan fingerprint density at radius 2 is 0.513 bits per heavy atom. The maximum atomic E-state index is 12.9. The first kappa shape index (κ1) is 72.3. The largest absolute Gasteiger partial charge is 0.462 e. The number of unbranched alkanes of at least 4 members (excludes halogenated alkanes) is 31. The van der Waals surface area contributed by atoms with Crippen LogP contribution in [0.2, 0.25) is 0 Å². The van der Waals surface area contributed by atoms with Gasteiger partial charge in [-0.1, -0.05) is 266 Å². The molecule has 1 unspecified atom stereocenters. The fourth-order valence-corrected chi connectivity index (χ4v) is 8.97. The Labute approximate surface area is 470 Å². The van der Waals surface area contributed by atoms with Crippen LogP contribution in [0.4, 0.5) is 0 Å². The molecule has 0 aliphatic heterocycles. The number of hydrogen-bond acceptors (Lipinski definition) is 6. The van der Waals surface area contributed by atoms with Crippen LogP contribution in [-0.2, 0) is 28.6 Å². The minimum atomic E-state index is -0.801. The van der Waals surface area contributed by atoms with Crippen molar-refractivity contribution in [2.75, 3.05) is 13.2 Å². The molecule has 0 amide bonds. The van der Waals surface area contributed by atoms with Crippen molar-refractivity contribution >= 4 is 17.9 Å². The summed E-state index contributed by atoms with van der Waals surface area (Å²) in [6.07, 6.45) is 85.6. The molecule has 0 bridgehead atoms. The van der Waals surface area contributed by atoms with Gasteiger partial charge in [-0.25, -0.2) is 0 Å². The second-order valence-corrected chi connectivity index (χ2v) is 21.3. The fourth-order valence-electron chi connectivity index (χ4n) is 8.97. The SMILES string of the molecule is CC/C=C\C/C=C\C/C=C\C/C=C\CCCCC(=O)OCC(COC(=O)CCCCCCCCCCCCCC/C=C\C/C=C\C/C=C\CCCCCCC)OC(=O)CCCCCCC/C=C\CCCCCCCCC. The zero-order valence-electron chi connectivity index (χ0n) is 50.0. The minimum Gasteiger partial charge on any atom is -0.462 e. The van der Waals surface area contributed by atoms with Crippen LogP contribution in [-0.4, -0.2) is 37.2 Å². The van der Waals surface area contributed by atoms with E-state index < -0.39 is 6.10 Å². The van der Waals surface area contributed by atoms with Crippen molar-refractivity contribution in [3.8, 4) is 0 Å². The molecular formula is C70H120O6. The molecule has 0 aromatic carbocycles. The Hall–Kier alpha value is -3.67. The van der Waals surface area contributed by atoms with E-state index in [0.29, 0.717) is 19.3 Å². The van der Waals surface area contributed by atoms with Gasteiger partial charge in [-0.15, -0.1) is 0 Å². The summed E-state index contributed by atoms with van der Waals surface area (Å²) in [5.41, 5.74) is 0. The zero-order chi connectivity index (χ0) is 55.0. The third kappa shape index (κ3) is 61.2. The number of ether oxygens (including phenoxy) is 3. The van der Waals surface area contributed by atoms with Gasteiger partial charge in [0.05, 0.1) is 0 Å². The second-order valence-electron chi connectivity index (χ2n) is 21.3. The van der Waals surface area contributed by atoms with E-state index in [0.717, 1.165) is 109 Å². The lowest BCUT2D eigenvalue weighted by Gasteiger charge is -2.18. The van der Waals surface area contributed by atoms with Gasteiger partial charge in [0.1, 0.15) is 13.2 Å². The highest BCUT2D eigenvalue weighted by Gasteiger charge is 2.19. The quantitative estimate of drug-likeness (QED) is 0.0261. The highest BCUT2D eigenvalue weighted by Crippen LogP contribution is 2.16. The molecule has 436 valence electrons. The lowest BCUT2D eigenvalue weighted by Crippen LogP contribution is -2.30. The number of hydrogen-bond donors (Lipinski definition) is 0. The fraction of sp³-hybridized carbons (Fsp3) is 0.729. The number of carbonyl (C=O) groups is 3. The molecule has 0 aliphatic carbocycles. The first-order valence-corrected chi connectivity index (χ1v) is 32.2. The van der Waals surface area contributed by atoms with E-state index in [4.69, 9.17) is 14.2 Å². The number of allylic oxidation sites excluding steroid dienone is 16. The third-order valence-electron chi connectivity index (χ3n) is 13.8. The molecule has 0 rings (SSSR count). The Balaban J connectivity index is 4.34. The van der Waals surface area contributed by atoms with Gasteiger partial charge in [0.25, 0.3) is 0 Å². The maximum absolute atomic E-state index is 12.9. The maximum Gasteiger partial charge on any atom is 0.306 e. The van der Waals surface area contributed by atoms with E-state index in [1.165, 1.54) is 161 Å². The molecule has 76 heavy (non-hydrogen) atoms. The molecule has 0 heterocycles. The monoisotopic (exact) mass is 1060 g/mol. The van der Waals surface area contributed by atoms with Crippen LogP contribution in [0.1, 0.15) is 310 Å². The highest BCUT2D eigenvalue weighted by molar-refractivity contribution is 5.71. The van der Waals surface area contributed by atoms with Gasteiger partial charge in [-0.3, -0.25) is 14.4 Å². The topological polar surface area (TPSA) is 78.9 Å². The van der Waals surface area contributed by atoms with Gasteiger partial charge in [0.2, 0.25) is 0 Å². The zero-order valence-corrected chi connectivity index (χ0v) is 50.0. The number of carbonyl (C=O) groups excluding carboxylic acids is 3. The molecule has 0 aromatic rings. The Kier molecular flexibility index (Phi) is 60.8. The van der Waals surface area contributed by atoms with Gasteiger partial charge in [0.15, 0.2) is 6.10 Å². The van der Waals surface area contributed by atoms with Crippen LogP contribution in [0, 0.1) is 0 Å². The van der Waals surface area contributed by atoms with Crippen molar-refractivity contribution in [2.45, 2.75) is 316 Å². The molecule has 0 N–H and O–H groups in total. The first-order valence-electron chi connectivity index (χ1n) is 32.2. The van der Waals surface area contributed by atoms with Crippen LogP contribution >= 0.6 is 0 Å². The molecule has 0 fully saturated rings. The van der Waals surface area contributed by atoms with Crippen molar-refractivity contribution in [3.63, 3.8) is 0 Å². The molecule has 0 aliphatic rings. The molecule has 1 atom stereocenters. The lowest BCUT2D eigenvalue weighted by atomic mass is 10.0. The molecule has 0 saturated carbocycles. The van der Waals surface area contributed by atoms with E-state index in [1.54, 1.807) is 0 Å². The van der Waals surface area contributed by atoms with Gasteiger partial charge in [-0.05, 0) is 122 Å². The predicted octanol–water partition coefficient (Wildman–Crippen LogP) is 22.0. The highest BCUT2D eigenvalue weighted by atomic mass is 16.6. The molecule has 0 aromatic heterocycles. The van der Waals surface area contributed by atoms with E-state index in [2.05, 4.69) is 118 Å². The van der Waals surface area contributed by atoms with E-state index in [9.17, 15) is 14.4 Å². The average molecular weight is 1060 g/mol. The van der Waals surface area contributed by atoms with E-state index >= 15 is 0 Å². The molecule has 6 heteroatoms. The Bertz CT molecular complexity index is 1490. The van der Waals surface area contributed by atoms with Gasteiger partial charge < -0.3 is 14.2 Å². The van der Waals surface area contributed by atoms with Crippen molar-refractivity contribution in [3.05, 3.63) is 97.2 Å². The van der Waals surface area contributed by atoms with Crippen LogP contribution in [0.25, 0.3) is 0 Å². The summed E-state index contributed by atoms with van der Waals surface area (Å²) in [6, 6.07) is 0. The standard InChI is InChI=1S/C70H120O6/c1-4-7-10-13-16-19-22-25-28-30-31-32-33-34-35-36-37-38-39-40-43-45-48-51-54-57-60-63-69(72)75-66-67(65-74-68(71)62-59-56-53-50-47-44-41-27-24-21-18-15-12-9-6-3)76-70(73)64-61-58-55-52-49-46-42-29-26-23-20-17-14-11-8-5-2/h9,12,18,21-22,25,27,29-31,33-34,41-42,47,50,67H,4-8,10-11,13-17,19-20,23-24,26,28,32,35-40,43-46,48-49,51-66H2,1-3H3/b12-9-,21-18-,25-22-,31-30-,34-33-,41-27-,42-29-,50-47-. The Morgan fingerprint density at radius 3 is 0.842 bits per heavy atom. The molecule has 0 saturated heterocycles. The number of esters is 3. The lowest BCUT2D eigenvalue weighted by molar-refractivity contribution is -0.167. The van der Waals surface area contributed by atoms with Gasteiger partial charge in [0, 0.05) is 19.3 Å². The summed E-state index contributed by atoms with van der Waals surface area (Å²) < 4.78 is 16.9.